The van der Waals surface area contributed by atoms with E-state index >= 15 is 0 Å². The summed E-state index contributed by atoms with van der Waals surface area (Å²) in [6.45, 7) is 8.17. The van der Waals surface area contributed by atoms with E-state index in [1.807, 2.05) is 24.3 Å². The van der Waals surface area contributed by atoms with E-state index in [1.54, 1.807) is 7.11 Å². The second-order valence-corrected chi connectivity index (χ2v) is 7.49. The van der Waals surface area contributed by atoms with Crippen LogP contribution in [0.25, 0.3) is 0 Å². The van der Waals surface area contributed by atoms with Crippen molar-refractivity contribution in [3.63, 3.8) is 0 Å². The standard InChI is InChI=1S/C23H31N3O2/c1-19-4-3-5-21(16-19)17-25-12-14-26(15-13-25)18-23(27)24-11-10-20-6-8-22(28-2)9-7-20/h3-9,16H,10-15,17-18H2,1-2H3,(H,24,27). The summed E-state index contributed by atoms with van der Waals surface area (Å²) < 4.78 is 5.16. The number of nitrogens with zero attached hydrogens (tertiary/aromatic N) is 2. The summed E-state index contributed by atoms with van der Waals surface area (Å²) in [6, 6.07) is 16.7. The van der Waals surface area contributed by atoms with Crippen molar-refractivity contribution in [1.82, 2.24) is 15.1 Å². The van der Waals surface area contributed by atoms with Crippen LogP contribution in [0.2, 0.25) is 0 Å². The van der Waals surface area contributed by atoms with E-state index in [4.69, 9.17) is 4.74 Å². The molecule has 1 saturated heterocycles. The number of hydrogen-bond donors (Lipinski definition) is 1. The van der Waals surface area contributed by atoms with Crippen LogP contribution >= 0.6 is 0 Å². The number of rotatable bonds is 8. The number of piperazine rings is 1. The molecule has 0 saturated carbocycles. The van der Waals surface area contributed by atoms with E-state index in [0.29, 0.717) is 13.1 Å². The number of hydrogen-bond acceptors (Lipinski definition) is 4. The SMILES string of the molecule is COc1ccc(CCNC(=O)CN2CCN(Cc3cccc(C)c3)CC2)cc1. The average Bonchev–Trinajstić information content (AvgIpc) is 2.70. The molecule has 0 atom stereocenters. The van der Waals surface area contributed by atoms with Gasteiger partial charge in [-0.1, -0.05) is 42.0 Å². The van der Waals surface area contributed by atoms with Crippen LogP contribution in [0.1, 0.15) is 16.7 Å². The molecule has 5 heteroatoms. The highest BCUT2D eigenvalue weighted by molar-refractivity contribution is 5.78. The van der Waals surface area contributed by atoms with Gasteiger partial charge in [0, 0.05) is 39.3 Å². The number of ether oxygens (including phenoxy) is 1. The van der Waals surface area contributed by atoms with E-state index in [-0.39, 0.29) is 5.91 Å². The average molecular weight is 382 g/mol. The Kier molecular flexibility index (Phi) is 7.46. The number of carbonyl (C=O) groups excluding carboxylic acids is 1. The Morgan fingerprint density at radius 3 is 2.39 bits per heavy atom. The van der Waals surface area contributed by atoms with Crippen molar-refractivity contribution in [3.8, 4) is 5.75 Å². The fourth-order valence-corrected chi connectivity index (χ4v) is 3.57. The van der Waals surface area contributed by atoms with Crippen LogP contribution in [0.5, 0.6) is 5.75 Å². The van der Waals surface area contributed by atoms with Crippen LogP contribution in [0.4, 0.5) is 0 Å². The van der Waals surface area contributed by atoms with Crippen LogP contribution < -0.4 is 10.1 Å². The van der Waals surface area contributed by atoms with E-state index in [1.165, 1.54) is 16.7 Å². The molecule has 0 spiro atoms. The number of aryl methyl sites for hydroxylation is 1. The van der Waals surface area contributed by atoms with E-state index in [0.717, 1.165) is 44.9 Å². The lowest BCUT2D eigenvalue weighted by Gasteiger charge is -2.34. The van der Waals surface area contributed by atoms with Crippen LogP contribution in [0.15, 0.2) is 48.5 Å². The third-order valence-corrected chi connectivity index (χ3v) is 5.22. The maximum Gasteiger partial charge on any atom is 0.234 e. The molecule has 1 heterocycles. The van der Waals surface area contributed by atoms with Gasteiger partial charge in [-0.05, 0) is 36.6 Å². The lowest BCUT2D eigenvalue weighted by atomic mass is 10.1. The molecule has 2 aromatic carbocycles. The molecule has 1 amide bonds. The van der Waals surface area contributed by atoms with Gasteiger partial charge in [-0.25, -0.2) is 0 Å². The van der Waals surface area contributed by atoms with E-state index < -0.39 is 0 Å². The predicted octanol–water partition coefficient (Wildman–Crippen LogP) is 2.48. The minimum absolute atomic E-state index is 0.112. The quantitative estimate of drug-likeness (QED) is 0.763. The Labute approximate surface area is 168 Å². The summed E-state index contributed by atoms with van der Waals surface area (Å²) in [5.74, 6) is 0.968. The van der Waals surface area contributed by atoms with Gasteiger partial charge in [0.15, 0.2) is 0 Å². The largest absolute Gasteiger partial charge is 0.497 e. The minimum atomic E-state index is 0.112. The van der Waals surface area contributed by atoms with Gasteiger partial charge in [0.1, 0.15) is 5.75 Å². The van der Waals surface area contributed by atoms with Crippen LogP contribution in [0.3, 0.4) is 0 Å². The van der Waals surface area contributed by atoms with Crippen molar-refractivity contribution >= 4 is 5.91 Å². The van der Waals surface area contributed by atoms with Crippen molar-refractivity contribution in [1.29, 1.82) is 0 Å². The zero-order valence-electron chi connectivity index (χ0n) is 17.0. The molecule has 0 aliphatic carbocycles. The Morgan fingerprint density at radius 2 is 1.71 bits per heavy atom. The molecule has 1 aliphatic heterocycles. The lowest BCUT2D eigenvalue weighted by molar-refractivity contribution is -0.122. The van der Waals surface area contributed by atoms with E-state index in [9.17, 15) is 4.79 Å². The molecule has 1 N–H and O–H groups in total. The molecule has 150 valence electrons. The van der Waals surface area contributed by atoms with Crippen molar-refractivity contribution < 1.29 is 9.53 Å². The number of benzene rings is 2. The second kappa shape index (κ2) is 10.2. The van der Waals surface area contributed by atoms with E-state index in [2.05, 4.69) is 46.3 Å². The van der Waals surface area contributed by atoms with Crippen molar-refractivity contribution in [3.05, 3.63) is 65.2 Å². The molecule has 3 rings (SSSR count). The van der Waals surface area contributed by atoms with Crippen molar-refractivity contribution in [2.45, 2.75) is 19.9 Å². The summed E-state index contributed by atoms with van der Waals surface area (Å²) in [5, 5.41) is 3.04. The van der Waals surface area contributed by atoms with Gasteiger partial charge in [-0.2, -0.15) is 0 Å². The Balaban J connectivity index is 1.33. The maximum absolute atomic E-state index is 12.2. The summed E-state index contributed by atoms with van der Waals surface area (Å²) >= 11 is 0. The molecule has 0 radical (unpaired) electrons. The summed E-state index contributed by atoms with van der Waals surface area (Å²) in [4.78, 5) is 16.9. The highest BCUT2D eigenvalue weighted by Crippen LogP contribution is 2.12. The first-order valence-corrected chi connectivity index (χ1v) is 10.0. The molecule has 28 heavy (non-hydrogen) atoms. The molecule has 2 aromatic rings. The van der Waals surface area contributed by atoms with Gasteiger partial charge >= 0.3 is 0 Å². The normalized spacial score (nSPS) is 15.4. The highest BCUT2D eigenvalue weighted by Gasteiger charge is 2.18. The molecule has 0 aromatic heterocycles. The van der Waals surface area contributed by atoms with Gasteiger partial charge in [-0.3, -0.25) is 14.6 Å². The number of methoxy groups -OCH3 is 1. The molecule has 0 unspecified atom stereocenters. The number of nitrogens with one attached hydrogen (secondary N) is 1. The maximum atomic E-state index is 12.2. The number of carbonyl (C=O) groups is 1. The fourth-order valence-electron chi connectivity index (χ4n) is 3.57. The molecule has 5 nitrogen and oxygen atoms in total. The second-order valence-electron chi connectivity index (χ2n) is 7.49. The fraction of sp³-hybridized carbons (Fsp3) is 0.435. The van der Waals surface area contributed by atoms with Gasteiger partial charge in [0.05, 0.1) is 13.7 Å². The topological polar surface area (TPSA) is 44.8 Å². The predicted molar refractivity (Wildman–Crippen MR) is 113 cm³/mol. The first-order chi connectivity index (χ1) is 13.6. The third kappa shape index (κ3) is 6.36. The number of amides is 1. The zero-order chi connectivity index (χ0) is 19.8. The molecule has 1 fully saturated rings. The lowest BCUT2D eigenvalue weighted by Crippen LogP contribution is -2.49. The molecule has 1 aliphatic rings. The highest BCUT2D eigenvalue weighted by atomic mass is 16.5. The van der Waals surface area contributed by atoms with Gasteiger partial charge in [0.2, 0.25) is 5.91 Å². The van der Waals surface area contributed by atoms with Gasteiger partial charge < -0.3 is 10.1 Å². The first kappa shape index (κ1) is 20.4. The van der Waals surface area contributed by atoms with Crippen LogP contribution in [-0.2, 0) is 17.8 Å². The first-order valence-electron chi connectivity index (χ1n) is 10.0. The van der Waals surface area contributed by atoms with Crippen molar-refractivity contribution in [2.75, 3.05) is 46.4 Å². The smallest absolute Gasteiger partial charge is 0.234 e. The van der Waals surface area contributed by atoms with Crippen LogP contribution in [-0.4, -0.2) is 62.1 Å². The van der Waals surface area contributed by atoms with Gasteiger partial charge in [0.25, 0.3) is 0 Å². The summed E-state index contributed by atoms with van der Waals surface area (Å²) in [7, 11) is 1.66. The van der Waals surface area contributed by atoms with Gasteiger partial charge in [-0.15, -0.1) is 0 Å². The Hall–Kier alpha value is -2.37. The molecular formula is C23H31N3O2. The van der Waals surface area contributed by atoms with Crippen LogP contribution in [0, 0.1) is 6.92 Å². The molecule has 0 bridgehead atoms. The Bertz CT molecular complexity index is 753. The monoisotopic (exact) mass is 381 g/mol. The zero-order valence-corrected chi connectivity index (χ0v) is 17.0. The summed E-state index contributed by atoms with van der Waals surface area (Å²) in [6.07, 6.45) is 0.833. The minimum Gasteiger partial charge on any atom is -0.497 e. The molecular weight excluding hydrogens is 350 g/mol. The summed E-state index contributed by atoms with van der Waals surface area (Å²) in [5.41, 5.74) is 3.87. The van der Waals surface area contributed by atoms with Crippen molar-refractivity contribution in [2.24, 2.45) is 0 Å². The third-order valence-electron chi connectivity index (χ3n) is 5.22. The Morgan fingerprint density at radius 1 is 1.00 bits per heavy atom.